The molecule has 2 N–H and O–H groups in total. The number of alkyl halides is 1. The van der Waals surface area contributed by atoms with Crippen LogP contribution in [-0.2, 0) is 0 Å². The first-order valence-corrected chi connectivity index (χ1v) is 6.80. The van der Waals surface area contributed by atoms with E-state index in [-0.39, 0.29) is 11.7 Å². The number of hydrogen-bond acceptors (Lipinski definition) is 2. The van der Waals surface area contributed by atoms with Gasteiger partial charge in [-0.25, -0.2) is 0 Å². The fourth-order valence-corrected chi connectivity index (χ4v) is 2.26. The van der Waals surface area contributed by atoms with Crippen LogP contribution in [0.4, 0.5) is 0 Å². The van der Waals surface area contributed by atoms with Crippen molar-refractivity contribution < 1.29 is 9.90 Å². The van der Waals surface area contributed by atoms with Gasteiger partial charge in [-0.2, -0.15) is 0 Å². The lowest BCUT2D eigenvalue weighted by Gasteiger charge is -2.12. The molecule has 0 aromatic heterocycles. The predicted molar refractivity (Wildman–Crippen MR) is 72.8 cm³/mol. The summed E-state index contributed by atoms with van der Waals surface area (Å²) in [5.74, 6) is 0.235. The van der Waals surface area contributed by atoms with E-state index in [9.17, 15) is 9.90 Å². The summed E-state index contributed by atoms with van der Waals surface area (Å²) in [5.41, 5.74) is 1.30. The Balaban J connectivity index is 2.61. The Morgan fingerprint density at radius 2 is 2.24 bits per heavy atom. The summed E-state index contributed by atoms with van der Waals surface area (Å²) in [6, 6.07) is 5.02. The number of aryl methyl sites for hydroxylation is 1. The van der Waals surface area contributed by atoms with Crippen LogP contribution in [0.15, 0.2) is 18.2 Å². The van der Waals surface area contributed by atoms with Crippen LogP contribution in [0, 0.1) is 12.8 Å². The number of carbonyl (C=O) groups is 1. The van der Waals surface area contributed by atoms with Crippen LogP contribution in [0.5, 0.6) is 5.75 Å². The van der Waals surface area contributed by atoms with Gasteiger partial charge in [0.2, 0.25) is 0 Å². The summed E-state index contributed by atoms with van der Waals surface area (Å²) >= 11 is 3.37. The minimum Gasteiger partial charge on any atom is -0.507 e. The fourth-order valence-electron chi connectivity index (χ4n) is 1.48. The first-order valence-electron chi connectivity index (χ1n) is 5.68. The molecular weight excluding hydrogens is 282 g/mol. The molecule has 0 spiro atoms. The van der Waals surface area contributed by atoms with Crippen LogP contribution in [0.1, 0.15) is 29.3 Å². The summed E-state index contributed by atoms with van der Waals surface area (Å²) in [4.78, 5) is 11.8. The first-order chi connectivity index (χ1) is 8.04. The number of phenolic OH excluding ortho intramolecular Hbond substituents is 1. The third-order valence-corrected chi connectivity index (χ3v) is 3.07. The molecule has 3 nitrogen and oxygen atoms in total. The molecule has 0 fully saturated rings. The van der Waals surface area contributed by atoms with Crippen LogP contribution >= 0.6 is 15.9 Å². The van der Waals surface area contributed by atoms with Crippen LogP contribution in [-0.4, -0.2) is 22.9 Å². The van der Waals surface area contributed by atoms with Gasteiger partial charge in [0.25, 0.3) is 5.91 Å². The summed E-state index contributed by atoms with van der Waals surface area (Å²) in [6.07, 6.45) is 1.01. The van der Waals surface area contributed by atoms with Crippen LogP contribution < -0.4 is 5.32 Å². The standard InChI is InChI=1S/C13H18BrNO2/c1-9-3-4-12(16)11(7-9)13(17)15-8-10(2)5-6-14/h3-4,7,10,16H,5-6,8H2,1-2H3,(H,15,17). The van der Waals surface area contributed by atoms with E-state index in [0.29, 0.717) is 18.0 Å². The number of amides is 1. The highest BCUT2D eigenvalue weighted by atomic mass is 79.9. The molecule has 0 saturated carbocycles. The minimum absolute atomic E-state index is 0.0289. The number of aromatic hydroxyl groups is 1. The number of halogens is 1. The van der Waals surface area contributed by atoms with E-state index in [1.165, 1.54) is 0 Å². The smallest absolute Gasteiger partial charge is 0.255 e. The van der Waals surface area contributed by atoms with Crippen LogP contribution in [0.3, 0.4) is 0 Å². The third-order valence-electron chi connectivity index (χ3n) is 2.61. The molecule has 1 atom stereocenters. The maximum Gasteiger partial charge on any atom is 0.255 e. The summed E-state index contributed by atoms with van der Waals surface area (Å²) < 4.78 is 0. The second-order valence-corrected chi connectivity index (χ2v) is 5.11. The van der Waals surface area contributed by atoms with Crippen molar-refractivity contribution in [3.05, 3.63) is 29.3 Å². The topological polar surface area (TPSA) is 49.3 Å². The zero-order valence-corrected chi connectivity index (χ0v) is 11.8. The van der Waals surface area contributed by atoms with Crippen molar-refractivity contribution in [3.8, 4) is 5.75 Å². The van der Waals surface area contributed by atoms with Crippen molar-refractivity contribution in [1.29, 1.82) is 0 Å². The van der Waals surface area contributed by atoms with Gasteiger partial charge in [-0.1, -0.05) is 34.5 Å². The van der Waals surface area contributed by atoms with Gasteiger partial charge in [-0.15, -0.1) is 0 Å². The first kappa shape index (κ1) is 14.0. The molecule has 1 rings (SSSR count). The predicted octanol–water partition coefficient (Wildman–Crippen LogP) is 2.85. The Bertz CT molecular complexity index is 393. The van der Waals surface area contributed by atoms with Crippen molar-refractivity contribution in [2.45, 2.75) is 20.3 Å². The highest BCUT2D eigenvalue weighted by Gasteiger charge is 2.11. The molecule has 1 unspecified atom stereocenters. The van der Waals surface area contributed by atoms with E-state index in [4.69, 9.17) is 0 Å². The zero-order chi connectivity index (χ0) is 12.8. The van der Waals surface area contributed by atoms with Gasteiger partial charge in [0.05, 0.1) is 5.56 Å². The summed E-state index contributed by atoms with van der Waals surface area (Å²) in [6.45, 7) is 4.60. The van der Waals surface area contributed by atoms with Gasteiger partial charge >= 0.3 is 0 Å². The van der Waals surface area contributed by atoms with E-state index in [1.807, 2.05) is 6.92 Å². The number of hydrogen-bond donors (Lipinski definition) is 2. The molecule has 17 heavy (non-hydrogen) atoms. The molecule has 94 valence electrons. The lowest BCUT2D eigenvalue weighted by molar-refractivity contribution is 0.0945. The molecule has 0 heterocycles. The molecule has 0 aliphatic heterocycles. The number of phenols is 1. The number of benzene rings is 1. The van der Waals surface area contributed by atoms with Crippen molar-refractivity contribution in [2.24, 2.45) is 5.92 Å². The van der Waals surface area contributed by atoms with E-state index < -0.39 is 0 Å². The van der Waals surface area contributed by atoms with Gasteiger partial charge in [0, 0.05) is 11.9 Å². The fraction of sp³-hybridized carbons (Fsp3) is 0.462. The molecule has 1 aromatic rings. The Kier molecular flexibility index (Phi) is 5.48. The SMILES string of the molecule is Cc1ccc(O)c(C(=O)NCC(C)CCBr)c1. The van der Waals surface area contributed by atoms with Crippen molar-refractivity contribution in [3.63, 3.8) is 0 Å². The molecule has 0 aliphatic carbocycles. The van der Waals surface area contributed by atoms with E-state index in [1.54, 1.807) is 18.2 Å². The number of nitrogens with one attached hydrogen (secondary N) is 1. The lowest BCUT2D eigenvalue weighted by Crippen LogP contribution is -2.28. The summed E-state index contributed by atoms with van der Waals surface area (Å²) in [7, 11) is 0. The Labute approximate surface area is 110 Å². The van der Waals surface area contributed by atoms with E-state index in [0.717, 1.165) is 17.3 Å². The molecule has 1 aromatic carbocycles. The normalized spacial score (nSPS) is 12.2. The quantitative estimate of drug-likeness (QED) is 0.822. The molecule has 0 saturated heterocycles. The number of rotatable bonds is 5. The van der Waals surface area contributed by atoms with Gasteiger partial charge in [0.1, 0.15) is 5.75 Å². The average Bonchev–Trinajstić information content (AvgIpc) is 2.29. The van der Waals surface area contributed by atoms with Crippen molar-refractivity contribution in [2.75, 3.05) is 11.9 Å². The van der Waals surface area contributed by atoms with Crippen molar-refractivity contribution in [1.82, 2.24) is 5.32 Å². The Morgan fingerprint density at radius 3 is 2.88 bits per heavy atom. The summed E-state index contributed by atoms with van der Waals surface area (Å²) in [5, 5.41) is 13.4. The van der Waals surface area contributed by atoms with E-state index in [2.05, 4.69) is 28.2 Å². The monoisotopic (exact) mass is 299 g/mol. The van der Waals surface area contributed by atoms with Crippen LogP contribution in [0.2, 0.25) is 0 Å². The molecule has 1 amide bonds. The Hall–Kier alpha value is -1.03. The highest BCUT2D eigenvalue weighted by molar-refractivity contribution is 9.09. The molecule has 0 radical (unpaired) electrons. The largest absolute Gasteiger partial charge is 0.507 e. The van der Waals surface area contributed by atoms with E-state index >= 15 is 0 Å². The van der Waals surface area contributed by atoms with Gasteiger partial charge in [0.15, 0.2) is 0 Å². The maximum absolute atomic E-state index is 11.8. The van der Waals surface area contributed by atoms with Gasteiger partial charge in [-0.3, -0.25) is 4.79 Å². The second-order valence-electron chi connectivity index (χ2n) is 4.31. The highest BCUT2D eigenvalue weighted by Crippen LogP contribution is 2.18. The number of carbonyl (C=O) groups excluding carboxylic acids is 1. The van der Waals surface area contributed by atoms with Gasteiger partial charge in [-0.05, 0) is 31.4 Å². The maximum atomic E-state index is 11.8. The second kappa shape index (κ2) is 6.64. The molecule has 0 aliphatic rings. The van der Waals surface area contributed by atoms with Crippen LogP contribution in [0.25, 0.3) is 0 Å². The third kappa shape index (κ3) is 4.38. The molecule has 0 bridgehead atoms. The van der Waals surface area contributed by atoms with Crippen molar-refractivity contribution >= 4 is 21.8 Å². The molecular formula is C13H18BrNO2. The zero-order valence-electron chi connectivity index (χ0n) is 10.2. The minimum atomic E-state index is -0.215. The Morgan fingerprint density at radius 1 is 1.53 bits per heavy atom. The average molecular weight is 300 g/mol. The lowest BCUT2D eigenvalue weighted by atomic mass is 10.1. The van der Waals surface area contributed by atoms with Gasteiger partial charge < -0.3 is 10.4 Å². The molecule has 4 heteroatoms.